The summed E-state index contributed by atoms with van der Waals surface area (Å²) in [6.45, 7) is 1.99. The highest BCUT2D eigenvalue weighted by atomic mass is 32.1. The zero-order valence-corrected chi connectivity index (χ0v) is 7.56. The summed E-state index contributed by atoms with van der Waals surface area (Å²) in [5.74, 6) is 0. The molecule has 0 amide bonds. The normalized spacial score (nSPS) is 11.6. The van der Waals surface area contributed by atoms with Gasteiger partial charge in [0, 0.05) is 13.0 Å². The Balaban J connectivity index is 3.14. The molecule has 0 N–H and O–H groups in total. The van der Waals surface area contributed by atoms with Crippen LogP contribution in [0.3, 0.4) is 0 Å². The molecule has 0 aliphatic rings. The lowest BCUT2D eigenvalue weighted by Gasteiger charge is -2.07. The van der Waals surface area contributed by atoms with Crippen molar-refractivity contribution >= 4 is 24.5 Å². The van der Waals surface area contributed by atoms with E-state index in [2.05, 4.69) is 0 Å². The second kappa shape index (κ2) is 3.49. The van der Waals surface area contributed by atoms with E-state index in [1.54, 1.807) is 0 Å². The topological polar surface area (TPSA) is 3.01 Å². The summed E-state index contributed by atoms with van der Waals surface area (Å²) in [6, 6.07) is 7.90. The number of rotatable bonds is 1. The third kappa shape index (κ3) is 1.77. The van der Waals surface area contributed by atoms with Crippen molar-refractivity contribution in [2.24, 2.45) is 0 Å². The Bertz CT molecular complexity index is 279. The third-order valence-corrected chi connectivity index (χ3v) is 1.98. The van der Waals surface area contributed by atoms with E-state index in [1.165, 1.54) is 0 Å². The van der Waals surface area contributed by atoms with Crippen molar-refractivity contribution in [3.05, 3.63) is 24.3 Å². The second-order valence-corrected chi connectivity index (χ2v) is 2.78. The number of hydrogen-bond acceptors (Lipinski definition) is 1. The van der Waals surface area contributed by atoms with Crippen LogP contribution in [0.5, 0.6) is 0 Å². The second-order valence-electron chi connectivity index (χ2n) is 2.34. The smallest absolute Gasteiger partial charge is 0.185 e. The van der Waals surface area contributed by atoms with Gasteiger partial charge in [0.15, 0.2) is 5.69 Å². The van der Waals surface area contributed by atoms with Crippen LogP contribution in [-0.2, 0) is 12.6 Å². The molecule has 0 heterocycles. The lowest BCUT2D eigenvalue weighted by Crippen LogP contribution is -1.98. The molecule has 0 atom stereocenters. The van der Waals surface area contributed by atoms with Crippen molar-refractivity contribution in [2.45, 2.75) is 11.8 Å². The van der Waals surface area contributed by atoms with E-state index in [-0.39, 0.29) is 0 Å². The van der Waals surface area contributed by atoms with E-state index in [0.29, 0.717) is 0 Å². The summed E-state index contributed by atoms with van der Waals surface area (Å²) in [5, 5.41) is 0. The highest BCUT2D eigenvalue weighted by Gasteiger charge is 1.98. The fourth-order valence-electron chi connectivity index (χ4n) is 0.888. The Morgan fingerprint density at radius 3 is 2.55 bits per heavy atom. The van der Waals surface area contributed by atoms with Crippen molar-refractivity contribution in [1.82, 2.24) is 0 Å². The lowest BCUT2D eigenvalue weighted by molar-refractivity contribution is -0.402. The molecule has 11 heavy (non-hydrogen) atoms. The average Bonchev–Trinajstić information content (AvgIpc) is 2.04. The minimum Gasteiger partial charge on any atom is -0.773 e. The van der Waals surface area contributed by atoms with Crippen molar-refractivity contribution in [3.8, 4) is 0 Å². The van der Waals surface area contributed by atoms with E-state index >= 15 is 0 Å². The van der Waals surface area contributed by atoms with Crippen LogP contribution in [0.4, 0.5) is 5.69 Å². The van der Waals surface area contributed by atoms with Gasteiger partial charge in [0.25, 0.3) is 0 Å². The molecule has 1 nitrogen and oxygen atoms in total. The van der Waals surface area contributed by atoms with Gasteiger partial charge in [-0.3, -0.25) is 0 Å². The van der Waals surface area contributed by atoms with Crippen LogP contribution in [0.15, 0.2) is 29.2 Å². The first-order chi connectivity index (χ1) is 5.25. The minimum atomic E-state index is 0.896. The number of para-hydroxylation sites is 1. The van der Waals surface area contributed by atoms with Crippen LogP contribution in [0.1, 0.15) is 6.92 Å². The highest BCUT2D eigenvalue weighted by molar-refractivity contribution is 7.59. The first-order valence-electron chi connectivity index (χ1n) is 3.54. The van der Waals surface area contributed by atoms with Gasteiger partial charge in [0.1, 0.15) is 13.3 Å². The van der Waals surface area contributed by atoms with Crippen molar-refractivity contribution in [1.29, 1.82) is 0 Å². The molecule has 0 aromatic heterocycles. The van der Waals surface area contributed by atoms with Gasteiger partial charge in [-0.05, 0) is 0 Å². The Kier molecular flexibility index (Phi) is 2.60. The maximum absolute atomic E-state index is 5.13. The third-order valence-electron chi connectivity index (χ3n) is 1.63. The fourth-order valence-corrected chi connectivity index (χ4v) is 1.18. The van der Waals surface area contributed by atoms with E-state index in [4.69, 9.17) is 12.6 Å². The molecule has 0 saturated heterocycles. The van der Waals surface area contributed by atoms with Crippen molar-refractivity contribution in [3.63, 3.8) is 0 Å². The van der Waals surface area contributed by atoms with Crippen LogP contribution >= 0.6 is 0 Å². The quantitative estimate of drug-likeness (QED) is 0.349. The van der Waals surface area contributed by atoms with Gasteiger partial charge in [0.05, 0.1) is 0 Å². The number of nitrogens with zero attached hydrogens (tertiary/aromatic N) is 1. The van der Waals surface area contributed by atoms with Gasteiger partial charge in [-0.25, -0.2) is 4.58 Å². The summed E-state index contributed by atoms with van der Waals surface area (Å²) < 4.78 is 2.02. The standard InChI is InChI=1S/C9H11NS/c1-3-10(2)8-6-4-5-7-9(8)11/h3-7H,1-2H3. The van der Waals surface area contributed by atoms with Crippen LogP contribution < -0.4 is 0 Å². The first kappa shape index (κ1) is 8.21. The molecular formula is C9H11NS. The molecule has 0 bridgehead atoms. The number of hydrogen-bond donors (Lipinski definition) is 0. The molecular weight excluding hydrogens is 154 g/mol. The van der Waals surface area contributed by atoms with E-state index in [1.807, 2.05) is 49.0 Å². The lowest BCUT2D eigenvalue weighted by atomic mass is 10.3. The maximum atomic E-state index is 5.13. The number of benzene rings is 1. The monoisotopic (exact) mass is 165 g/mol. The molecule has 0 unspecified atom stereocenters. The van der Waals surface area contributed by atoms with E-state index < -0.39 is 0 Å². The zero-order chi connectivity index (χ0) is 8.27. The summed E-state index contributed by atoms with van der Waals surface area (Å²) in [6.07, 6.45) is 1.99. The molecule has 0 aliphatic heterocycles. The predicted octanol–water partition coefficient (Wildman–Crippen LogP) is 1.96. The minimum absolute atomic E-state index is 0.896. The first-order valence-corrected chi connectivity index (χ1v) is 3.95. The molecule has 2 heteroatoms. The summed E-state index contributed by atoms with van der Waals surface area (Å²) in [4.78, 5) is 0.896. The Hall–Kier alpha value is -0.890. The summed E-state index contributed by atoms with van der Waals surface area (Å²) in [7, 11) is 1.99. The molecule has 0 radical (unpaired) electrons. The SMILES string of the molecule is CC=[N+](C)c1ccccc1[S-]. The van der Waals surface area contributed by atoms with Crippen LogP contribution in [0.2, 0.25) is 0 Å². The fraction of sp³-hybridized carbons (Fsp3) is 0.222. The molecule has 0 spiro atoms. The van der Waals surface area contributed by atoms with Crippen LogP contribution in [0.25, 0.3) is 0 Å². The van der Waals surface area contributed by atoms with Crippen molar-refractivity contribution < 1.29 is 4.58 Å². The van der Waals surface area contributed by atoms with Gasteiger partial charge in [-0.15, -0.1) is 4.90 Å². The molecule has 1 aromatic rings. The Morgan fingerprint density at radius 1 is 1.36 bits per heavy atom. The van der Waals surface area contributed by atoms with Crippen molar-refractivity contribution in [2.75, 3.05) is 7.05 Å². The molecule has 0 aliphatic carbocycles. The molecule has 1 aromatic carbocycles. The highest BCUT2D eigenvalue weighted by Crippen LogP contribution is 2.15. The molecule has 1 rings (SSSR count). The molecule has 58 valence electrons. The van der Waals surface area contributed by atoms with Gasteiger partial charge in [-0.2, -0.15) is 0 Å². The van der Waals surface area contributed by atoms with Gasteiger partial charge in [-0.1, -0.05) is 18.2 Å². The largest absolute Gasteiger partial charge is 0.773 e. The van der Waals surface area contributed by atoms with Crippen LogP contribution in [-0.4, -0.2) is 17.8 Å². The van der Waals surface area contributed by atoms with Gasteiger partial charge in [0.2, 0.25) is 0 Å². The van der Waals surface area contributed by atoms with E-state index in [0.717, 1.165) is 10.6 Å². The zero-order valence-electron chi connectivity index (χ0n) is 6.74. The van der Waals surface area contributed by atoms with Gasteiger partial charge < -0.3 is 12.6 Å². The summed E-state index contributed by atoms with van der Waals surface area (Å²) in [5.41, 5.74) is 1.09. The van der Waals surface area contributed by atoms with E-state index in [9.17, 15) is 0 Å². The summed E-state index contributed by atoms with van der Waals surface area (Å²) >= 11 is 5.13. The Morgan fingerprint density at radius 2 is 2.00 bits per heavy atom. The maximum Gasteiger partial charge on any atom is 0.185 e. The average molecular weight is 165 g/mol. The predicted molar refractivity (Wildman–Crippen MR) is 49.7 cm³/mol. The molecule has 0 fully saturated rings. The van der Waals surface area contributed by atoms with Crippen LogP contribution in [0, 0.1) is 0 Å². The van der Waals surface area contributed by atoms with Gasteiger partial charge >= 0.3 is 0 Å². The Labute approximate surface area is 72.8 Å². The molecule has 0 saturated carbocycles.